The molecule has 1 aromatic heterocycles. The molecule has 1 aliphatic heterocycles. The fourth-order valence-electron chi connectivity index (χ4n) is 3.43. The lowest BCUT2D eigenvalue weighted by molar-refractivity contribution is 0.102. The molecular formula is C21H17Cl3N4O3S. The van der Waals surface area contributed by atoms with E-state index in [1.165, 1.54) is 12.1 Å². The van der Waals surface area contributed by atoms with E-state index in [9.17, 15) is 13.2 Å². The van der Waals surface area contributed by atoms with Gasteiger partial charge in [-0.1, -0.05) is 53.0 Å². The predicted molar refractivity (Wildman–Crippen MR) is 126 cm³/mol. The summed E-state index contributed by atoms with van der Waals surface area (Å²) in [6.07, 6.45) is 0.439. The highest BCUT2D eigenvalue weighted by Gasteiger charge is 2.34. The van der Waals surface area contributed by atoms with Crippen LogP contribution in [0.5, 0.6) is 0 Å². The molecule has 0 saturated heterocycles. The monoisotopic (exact) mass is 510 g/mol. The number of hydrogen-bond acceptors (Lipinski definition) is 5. The van der Waals surface area contributed by atoms with Gasteiger partial charge in [-0.25, -0.2) is 17.7 Å². The number of aromatic nitrogens is 1. The zero-order valence-corrected chi connectivity index (χ0v) is 19.5. The quantitative estimate of drug-likeness (QED) is 0.541. The minimum atomic E-state index is -3.99. The average molecular weight is 512 g/mol. The van der Waals surface area contributed by atoms with Gasteiger partial charge in [0.25, 0.3) is 15.9 Å². The summed E-state index contributed by atoms with van der Waals surface area (Å²) in [7, 11) is -3.99. The second-order valence-corrected chi connectivity index (χ2v) is 10.3. The first-order valence-electron chi connectivity index (χ1n) is 9.46. The maximum atomic E-state index is 13.3. The molecule has 11 heteroatoms. The Morgan fingerprint density at radius 3 is 2.44 bits per heavy atom. The summed E-state index contributed by atoms with van der Waals surface area (Å²) >= 11 is 18.2. The van der Waals surface area contributed by atoms with Crippen molar-refractivity contribution in [3.8, 4) is 0 Å². The molecule has 3 N–H and O–H groups in total. The third-order valence-electron chi connectivity index (χ3n) is 4.89. The highest BCUT2D eigenvalue weighted by atomic mass is 35.5. The predicted octanol–water partition coefficient (Wildman–Crippen LogP) is 4.37. The van der Waals surface area contributed by atoms with Crippen LogP contribution in [0.4, 0.5) is 11.6 Å². The number of halogens is 3. The molecule has 0 saturated carbocycles. The molecule has 1 atom stereocenters. The number of benzene rings is 2. The number of pyridine rings is 1. The standard InChI is InChI=1S/C21H17Cl3N4O3S/c22-13-3-1-4-15(10-13)32(30,31)28-11-14(25)9-12-7-8-18(26-20(12)28)27-21(29)19-16(23)5-2-6-17(19)24/h1-8,10,14H,9,11,25H2,(H,26,27,29). The van der Waals surface area contributed by atoms with E-state index in [0.29, 0.717) is 12.0 Å². The highest BCUT2D eigenvalue weighted by molar-refractivity contribution is 7.92. The summed E-state index contributed by atoms with van der Waals surface area (Å²) in [6, 6.07) is 13.5. The Hall–Kier alpha value is -2.36. The lowest BCUT2D eigenvalue weighted by atomic mass is 10.0. The number of sulfonamides is 1. The summed E-state index contributed by atoms with van der Waals surface area (Å²) in [5.41, 5.74) is 6.85. The van der Waals surface area contributed by atoms with Crippen molar-refractivity contribution in [2.24, 2.45) is 5.73 Å². The molecule has 3 aromatic rings. The van der Waals surface area contributed by atoms with Gasteiger partial charge in [-0.2, -0.15) is 0 Å². The zero-order valence-electron chi connectivity index (χ0n) is 16.4. The largest absolute Gasteiger partial charge is 0.326 e. The fraction of sp³-hybridized carbons (Fsp3) is 0.143. The van der Waals surface area contributed by atoms with Crippen LogP contribution in [-0.2, 0) is 16.4 Å². The van der Waals surface area contributed by atoms with E-state index >= 15 is 0 Å². The third-order valence-corrected chi connectivity index (χ3v) is 7.51. The Balaban J connectivity index is 1.72. The number of carbonyl (C=O) groups excluding carboxylic acids is 1. The first kappa shape index (κ1) is 22.8. The molecule has 1 amide bonds. The van der Waals surface area contributed by atoms with Crippen LogP contribution in [0.1, 0.15) is 15.9 Å². The van der Waals surface area contributed by atoms with Crippen molar-refractivity contribution in [3.63, 3.8) is 0 Å². The van der Waals surface area contributed by atoms with E-state index in [-0.39, 0.29) is 43.7 Å². The number of amides is 1. The van der Waals surface area contributed by atoms with E-state index in [0.717, 1.165) is 4.31 Å². The van der Waals surface area contributed by atoms with E-state index in [4.69, 9.17) is 40.5 Å². The number of hydrogen-bond donors (Lipinski definition) is 2. The number of fused-ring (bicyclic) bond motifs is 1. The second-order valence-electron chi connectivity index (χ2n) is 7.19. The summed E-state index contributed by atoms with van der Waals surface area (Å²) in [5.74, 6) is -0.231. The number of nitrogens with one attached hydrogen (secondary N) is 1. The first-order valence-corrected chi connectivity index (χ1v) is 12.0. The summed E-state index contributed by atoms with van der Waals surface area (Å²) in [5, 5.41) is 3.29. The molecule has 166 valence electrons. The first-order chi connectivity index (χ1) is 15.2. The maximum Gasteiger partial charge on any atom is 0.265 e. The van der Waals surface area contributed by atoms with Gasteiger partial charge in [-0.15, -0.1) is 0 Å². The topological polar surface area (TPSA) is 105 Å². The van der Waals surface area contributed by atoms with Gasteiger partial charge >= 0.3 is 0 Å². The van der Waals surface area contributed by atoms with Crippen molar-refractivity contribution in [1.82, 2.24) is 4.98 Å². The van der Waals surface area contributed by atoms with Gasteiger partial charge in [0, 0.05) is 11.1 Å². The van der Waals surface area contributed by atoms with Crippen molar-refractivity contribution < 1.29 is 13.2 Å². The van der Waals surface area contributed by atoms with Gasteiger partial charge in [0.1, 0.15) is 11.6 Å². The molecule has 0 bridgehead atoms. The van der Waals surface area contributed by atoms with Crippen molar-refractivity contribution >= 4 is 62.4 Å². The second kappa shape index (κ2) is 8.88. The van der Waals surface area contributed by atoms with Gasteiger partial charge in [0.15, 0.2) is 0 Å². The van der Waals surface area contributed by atoms with E-state index in [1.807, 2.05) is 0 Å². The molecular weight excluding hydrogens is 495 g/mol. The van der Waals surface area contributed by atoms with Gasteiger partial charge in [0.2, 0.25) is 0 Å². The van der Waals surface area contributed by atoms with Crippen LogP contribution in [-0.4, -0.2) is 31.9 Å². The van der Waals surface area contributed by atoms with Crippen LogP contribution in [0, 0.1) is 0 Å². The molecule has 1 unspecified atom stereocenters. The summed E-state index contributed by atoms with van der Waals surface area (Å²) < 4.78 is 27.8. The van der Waals surface area contributed by atoms with Crippen LogP contribution in [0.25, 0.3) is 0 Å². The fourth-order valence-corrected chi connectivity index (χ4v) is 5.81. The molecule has 32 heavy (non-hydrogen) atoms. The molecule has 0 radical (unpaired) electrons. The van der Waals surface area contributed by atoms with Crippen molar-refractivity contribution in [1.29, 1.82) is 0 Å². The summed E-state index contributed by atoms with van der Waals surface area (Å²) in [4.78, 5) is 17.2. The maximum absolute atomic E-state index is 13.3. The Morgan fingerprint density at radius 1 is 1.06 bits per heavy atom. The van der Waals surface area contributed by atoms with Gasteiger partial charge in [-0.3, -0.25) is 4.79 Å². The number of nitrogens with two attached hydrogens (primary N) is 1. The third kappa shape index (κ3) is 4.42. The van der Waals surface area contributed by atoms with Crippen LogP contribution in [0.3, 0.4) is 0 Å². The smallest absolute Gasteiger partial charge is 0.265 e. The Kier molecular flexibility index (Phi) is 6.33. The van der Waals surface area contributed by atoms with Crippen LogP contribution < -0.4 is 15.4 Å². The lowest BCUT2D eigenvalue weighted by Crippen LogP contribution is -2.46. The van der Waals surface area contributed by atoms with Crippen LogP contribution in [0.15, 0.2) is 59.5 Å². The summed E-state index contributed by atoms with van der Waals surface area (Å²) in [6.45, 7) is 0.0303. The van der Waals surface area contributed by atoms with Gasteiger partial charge in [0.05, 0.1) is 27.0 Å². The number of nitrogens with zero attached hydrogens (tertiary/aromatic N) is 2. The molecule has 1 aliphatic rings. The number of anilines is 2. The minimum Gasteiger partial charge on any atom is -0.326 e. The molecule has 0 fully saturated rings. The van der Waals surface area contributed by atoms with E-state index in [2.05, 4.69) is 10.3 Å². The van der Waals surface area contributed by atoms with Gasteiger partial charge < -0.3 is 11.1 Å². The molecule has 2 aromatic carbocycles. The molecule has 0 spiro atoms. The van der Waals surface area contributed by atoms with Crippen LogP contribution in [0.2, 0.25) is 15.1 Å². The number of rotatable bonds is 4. The van der Waals surface area contributed by atoms with Crippen molar-refractivity contribution in [3.05, 3.63) is 80.8 Å². The Morgan fingerprint density at radius 2 is 1.75 bits per heavy atom. The highest BCUT2D eigenvalue weighted by Crippen LogP contribution is 2.32. The average Bonchev–Trinajstić information content (AvgIpc) is 2.73. The lowest BCUT2D eigenvalue weighted by Gasteiger charge is -2.33. The number of carbonyl (C=O) groups is 1. The molecule has 0 aliphatic carbocycles. The Bertz CT molecular complexity index is 1300. The molecule has 2 heterocycles. The van der Waals surface area contributed by atoms with E-state index < -0.39 is 22.0 Å². The molecule has 7 nitrogen and oxygen atoms in total. The minimum absolute atomic E-state index is 0.0177. The SMILES string of the molecule is NC1Cc2ccc(NC(=O)c3c(Cl)cccc3Cl)nc2N(S(=O)(=O)c2cccc(Cl)c2)C1. The normalized spacial score (nSPS) is 15.9. The van der Waals surface area contributed by atoms with Crippen LogP contribution >= 0.6 is 34.8 Å². The van der Waals surface area contributed by atoms with Gasteiger partial charge in [-0.05, 0) is 48.4 Å². The van der Waals surface area contributed by atoms with Crippen molar-refractivity contribution in [2.75, 3.05) is 16.2 Å². The van der Waals surface area contributed by atoms with Crippen molar-refractivity contribution in [2.45, 2.75) is 17.4 Å². The van der Waals surface area contributed by atoms with E-state index in [1.54, 1.807) is 42.5 Å². The Labute approximate surface area is 200 Å². The molecule has 4 rings (SSSR count). The zero-order chi connectivity index (χ0) is 23.0.